The van der Waals surface area contributed by atoms with E-state index in [4.69, 9.17) is 11.5 Å². The summed E-state index contributed by atoms with van der Waals surface area (Å²) < 4.78 is 0. The summed E-state index contributed by atoms with van der Waals surface area (Å²) in [6.07, 6.45) is 3.33. The summed E-state index contributed by atoms with van der Waals surface area (Å²) in [5.74, 6) is -0.538. The zero-order valence-electron chi connectivity index (χ0n) is 30.7. The SMILES string of the molecule is CC(C(=O)NCc1ccc(C(C)(C)C)cc1)c1ccc(N)c(N)c1.CC(C(=O)NCc1ccc(C(C)(C)C)cc1)c1ccc2nccnc2c1. The quantitative estimate of drug-likeness (QED) is 0.124. The van der Waals surface area contributed by atoms with Crippen LogP contribution in [-0.2, 0) is 33.5 Å². The summed E-state index contributed by atoms with van der Waals surface area (Å²) in [6.45, 7) is 18.0. The Kier molecular flexibility index (Phi) is 12.0. The summed E-state index contributed by atoms with van der Waals surface area (Å²) in [5, 5.41) is 6.01. The average molecular weight is 673 g/mol. The van der Waals surface area contributed by atoms with Gasteiger partial charge in [0.15, 0.2) is 0 Å². The van der Waals surface area contributed by atoms with Crippen molar-refractivity contribution in [2.24, 2.45) is 0 Å². The molecule has 5 rings (SSSR count). The first-order valence-electron chi connectivity index (χ1n) is 17.1. The Hall–Kier alpha value is -5.24. The van der Waals surface area contributed by atoms with E-state index in [0.717, 1.165) is 33.3 Å². The molecule has 0 radical (unpaired) electrons. The summed E-state index contributed by atoms with van der Waals surface area (Å²) >= 11 is 0. The fraction of sp³-hybridized carbons (Fsp3) is 0.333. The van der Waals surface area contributed by atoms with Crippen LogP contribution in [0.25, 0.3) is 11.0 Å². The zero-order valence-corrected chi connectivity index (χ0v) is 30.7. The first-order chi connectivity index (χ1) is 23.5. The minimum absolute atomic E-state index is 0.00754. The lowest BCUT2D eigenvalue weighted by Crippen LogP contribution is -2.27. The van der Waals surface area contributed by atoms with Gasteiger partial charge in [-0.1, -0.05) is 102 Å². The van der Waals surface area contributed by atoms with E-state index in [0.29, 0.717) is 24.5 Å². The molecule has 0 fully saturated rings. The Labute approximate surface area is 297 Å². The van der Waals surface area contributed by atoms with Gasteiger partial charge in [-0.2, -0.15) is 0 Å². The number of nitrogens with two attached hydrogens (primary N) is 2. The summed E-state index contributed by atoms with van der Waals surface area (Å²) in [7, 11) is 0. The van der Waals surface area contributed by atoms with Gasteiger partial charge in [-0.15, -0.1) is 0 Å². The number of nitrogens with zero attached hydrogens (tertiary/aromatic N) is 2. The van der Waals surface area contributed by atoms with Crippen LogP contribution in [0.4, 0.5) is 11.4 Å². The van der Waals surface area contributed by atoms with E-state index in [1.165, 1.54) is 11.1 Å². The van der Waals surface area contributed by atoms with E-state index in [9.17, 15) is 9.59 Å². The molecule has 0 spiro atoms. The van der Waals surface area contributed by atoms with Crippen molar-refractivity contribution in [2.75, 3.05) is 11.5 Å². The Morgan fingerprint density at radius 3 is 1.44 bits per heavy atom. The Morgan fingerprint density at radius 1 is 0.580 bits per heavy atom. The average Bonchev–Trinajstić information content (AvgIpc) is 3.09. The molecule has 2 unspecified atom stereocenters. The van der Waals surface area contributed by atoms with Crippen LogP contribution in [-0.4, -0.2) is 21.8 Å². The molecule has 50 heavy (non-hydrogen) atoms. The number of amides is 2. The van der Waals surface area contributed by atoms with Crippen molar-refractivity contribution >= 4 is 34.2 Å². The van der Waals surface area contributed by atoms with E-state index in [-0.39, 0.29) is 34.5 Å². The van der Waals surface area contributed by atoms with E-state index in [1.54, 1.807) is 24.5 Å². The summed E-state index contributed by atoms with van der Waals surface area (Å²) in [4.78, 5) is 33.5. The van der Waals surface area contributed by atoms with Gasteiger partial charge in [-0.05, 0) is 82.3 Å². The number of rotatable bonds is 8. The summed E-state index contributed by atoms with van der Waals surface area (Å²) in [6, 6.07) is 27.9. The minimum Gasteiger partial charge on any atom is -0.397 e. The molecular formula is C42H52N6O2. The van der Waals surface area contributed by atoms with Gasteiger partial charge >= 0.3 is 0 Å². The van der Waals surface area contributed by atoms with Gasteiger partial charge in [-0.3, -0.25) is 19.6 Å². The normalized spacial score (nSPS) is 12.7. The van der Waals surface area contributed by atoms with Crippen molar-refractivity contribution < 1.29 is 9.59 Å². The number of hydrogen-bond acceptors (Lipinski definition) is 6. The third-order valence-corrected chi connectivity index (χ3v) is 8.96. The van der Waals surface area contributed by atoms with Crippen LogP contribution in [0, 0.1) is 0 Å². The third kappa shape index (κ3) is 10.1. The Bertz CT molecular complexity index is 1910. The fourth-order valence-corrected chi connectivity index (χ4v) is 5.34. The second kappa shape index (κ2) is 16.0. The van der Waals surface area contributed by atoms with Crippen LogP contribution in [0.2, 0.25) is 0 Å². The van der Waals surface area contributed by atoms with Crippen LogP contribution >= 0.6 is 0 Å². The molecule has 0 bridgehead atoms. The number of carbonyl (C=O) groups excluding carboxylic acids is 2. The topological polar surface area (TPSA) is 136 Å². The van der Waals surface area contributed by atoms with Crippen LogP contribution in [0.3, 0.4) is 0 Å². The largest absolute Gasteiger partial charge is 0.397 e. The number of carbonyl (C=O) groups is 2. The smallest absolute Gasteiger partial charge is 0.227 e. The molecule has 0 aliphatic heterocycles. The van der Waals surface area contributed by atoms with Gasteiger partial charge in [0.05, 0.1) is 34.2 Å². The lowest BCUT2D eigenvalue weighted by Gasteiger charge is -2.19. The number of fused-ring (bicyclic) bond motifs is 1. The molecule has 0 saturated heterocycles. The van der Waals surface area contributed by atoms with E-state index < -0.39 is 0 Å². The number of anilines is 2. The number of benzene rings is 4. The maximum atomic E-state index is 12.5. The summed E-state index contributed by atoms with van der Waals surface area (Å²) in [5.41, 5.74) is 21.0. The van der Waals surface area contributed by atoms with Gasteiger partial charge in [0.25, 0.3) is 0 Å². The molecule has 262 valence electrons. The predicted molar refractivity (Wildman–Crippen MR) is 206 cm³/mol. The molecular weight excluding hydrogens is 621 g/mol. The molecule has 6 N–H and O–H groups in total. The standard InChI is InChI=1S/C22H25N3O.C20H27N3O/c1-15(17-7-10-19-20(13-17)24-12-11-23-19)21(26)25-14-16-5-8-18(9-6-16)22(2,3)4;1-13(15-7-10-17(21)18(22)11-15)19(24)23-12-14-5-8-16(9-6-14)20(2,3)4/h5-13,15H,14H2,1-4H3,(H,25,26);5-11,13H,12,21-22H2,1-4H3,(H,23,24). The molecule has 5 aromatic rings. The van der Waals surface area contributed by atoms with Gasteiger partial charge < -0.3 is 22.1 Å². The molecule has 4 aromatic carbocycles. The van der Waals surface area contributed by atoms with Crippen LogP contribution < -0.4 is 22.1 Å². The minimum atomic E-state index is -0.276. The van der Waals surface area contributed by atoms with Crippen molar-refractivity contribution in [2.45, 2.75) is 91.1 Å². The van der Waals surface area contributed by atoms with Gasteiger partial charge in [0.1, 0.15) is 0 Å². The Balaban J connectivity index is 0.000000226. The predicted octanol–water partition coefficient (Wildman–Crippen LogP) is 7.92. The zero-order chi connectivity index (χ0) is 36.6. The first kappa shape index (κ1) is 37.6. The van der Waals surface area contributed by atoms with Crippen LogP contribution in [0.15, 0.2) is 97.3 Å². The highest BCUT2D eigenvalue weighted by Crippen LogP contribution is 2.25. The monoisotopic (exact) mass is 672 g/mol. The molecule has 1 heterocycles. The van der Waals surface area contributed by atoms with Crippen molar-refractivity contribution in [1.29, 1.82) is 0 Å². The van der Waals surface area contributed by atoms with Crippen LogP contribution in [0.5, 0.6) is 0 Å². The number of nitrogens with one attached hydrogen (secondary N) is 2. The maximum Gasteiger partial charge on any atom is 0.227 e. The lowest BCUT2D eigenvalue weighted by atomic mass is 9.87. The molecule has 0 aliphatic rings. The number of nitrogen functional groups attached to an aromatic ring is 2. The highest BCUT2D eigenvalue weighted by Gasteiger charge is 2.18. The number of hydrogen-bond donors (Lipinski definition) is 4. The van der Waals surface area contributed by atoms with Crippen molar-refractivity contribution in [1.82, 2.24) is 20.6 Å². The fourth-order valence-electron chi connectivity index (χ4n) is 5.34. The van der Waals surface area contributed by atoms with E-state index in [1.807, 2.05) is 38.1 Å². The molecule has 1 aromatic heterocycles. The maximum absolute atomic E-state index is 12.5. The van der Waals surface area contributed by atoms with Crippen molar-refractivity contribution in [3.05, 3.63) is 131 Å². The van der Waals surface area contributed by atoms with E-state index >= 15 is 0 Å². The first-order valence-corrected chi connectivity index (χ1v) is 17.1. The van der Waals surface area contributed by atoms with Gasteiger partial charge in [-0.25, -0.2) is 0 Å². The van der Waals surface area contributed by atoms with Gasteiger partial charge in [0.2, 0.25) is 11.8 Å². The molecule has 8 nitrogen and oxygen atoms in total. The lowest BCUT2D eigenvalue weighted by molar-refractivity contribution is -0.123. The highest BCUT2D eigenvalue weighted by molar-refractivity contribution is 5.85. The Morgan fingerprint density at radius 2 is 1.00 bits per heavy atom. The van der Waals surface area contributed by atoms with Crippen molar-refractivity contribution in [3.63, 3.8) is 0 Å². The number of aromatic nitrogens is 2. The van der Waals surface area contributed by atoms with Gasteiger partial charge in [0, 0.05) is 25.5 Å². The van der Waals surface area contributed by atoms with Crippen molar-refractivity contribution in [3.8, 4) is 0 Å². The highest BCUT2D eigenvalue weighted by atomic mass is 16.2. The van der Waals surface area contributed by atoms with E-state index in [2.05, 4.69) is 111 Å². The molecule has 2 amide bonds. The van der Waals surface area contributed by atoms with Crippen LogP contribution in [0.1, 0.15) is 101 Å². The second-order valence-corrected chi connectivity index (χ2v) is 15.0. The third-order valence-electron chi connectivity index (χ3n) is 8.96. The second-order valence-electron chi connectivity index (χ2n) is 15.0. The molecule has 8 heteroatoms. The molecule has 0 aliphatic carbocycles. The molecule has 2 atom stereocenters. The molecule has 0 saturated carbocycles.